The van der Waals surface area contributed by atoms with Crippen LogP contribution in [0.5, 0.6) is 0 Å². The largest absolute Gasteiger partial charge is 0.459 e. The number of carbonyl (C=O) groups is 1. The van der Waals surface area contributed by atoms with Gasteiger partial charge >= 0.3 is 5.97 Å². The van der Waals surface area contributed by atoms with Crippen molar-refractivity contribution in [2.75, 3.05) is 13.1 Å². The molecule has 0 radical (unpaired) electrons. The third-order valence-corrected chi connectivity index (χ3v) is 1.96. The third-order valence-electron chi connectivity index (χ3n) is 1.96. The van der Waals surface area contributed by atoms with Crippen molar-refractivity contribution in [3.8, 4) is 0 Å². The van der Waals surface area contributed by atoms with E-state index in [0.717, 1.165) is 6.54 Å². The summed E-state index contributed by atoms with van der Waals surface area (Å²) in [5, 5.41) is 3.12. The van der Waals surface area contributed by atoms with Gasteiger partial charge in [-0.05, 0) is 39.7 Å². The minimum Gasteiger partial charge on any atom is -0.459 e. The Labute approximate surface area is 93.6 Å². The van der Waals surface area contributed by atoms with Gasteiger partial charge in [0.2, 0.25) is 0 Å². The van der Waals surface area contributed by atoms with Gasteiger partial charge in [-0.15, -0.1) is 0 Å². The lowest BCUT2D eigenvalue weighted by Gasteiger charge is -2.20. The van der Waals surface area contributed by atoms with Crippen LogP contribution in [0.15, 0.2) is 0 Å². The summed E-state index contributed by atoms with van der Waals surface area (Å²) in [6, 6.07) is 0. The lowest BCUT2D eigenvalue weighted by atomic mass is 10.1. The average molecular weight is 215 g/mol. The standard InChI is InChI=1S/C12H25NO2/c1-6-7-10(2)8-13-9-11(14)15-12(3,4)5/h10,13H,6-9H2,1-5H3/t10-/m0/s1. The summed E-state index contributed by atoms with van der Waals surface area (Å²) < 4.78 is 5.18. The van der Waals surface area contributed by atoms with E-state index in [-0.39, 0.29) is 11.6 Å². The van der Waals surface area contributed by atoms with Crippen LogP contribution in [-0.4, -0.2) is 24.7 Å². The van der Waals surface area contributed by atoms with Gasteiger partial charge in [-0.1, -0.05) is 20.3 Å². The van der Waals surface area contributed by atoms with Crippen LogP contribution < -0.4 is 5.32 Å². The highest BCUT2D eigenvalue weighted by Crippen LogP contribution is 2.06. The smallest absolute Gasteiger partial charge is 0.320 e. The van der Waals surface area contributed by atoms with E-state index in [1.165, 1.54) is 12.8 Å². The number of esters is 1. The predicted octanol–water partition coefficient (Wildman–Crippen LogP) is 2.35. The second kappa shape index (κ2) is 6.83. The molecule has 0 unspecified atom stereocenters. The minimum atomic E-state index is -0.381. The Kier molecular flexibility index (Phi) is 6.57. The molecule has 0 aliphatic heterocycles. The highest BCUT2D eigenvalue weighted by atomic mass is 16.6. The maximum atomic E-state index is 11.3. The van der Waals surface area contributed by atoms with Gasteiger partial charge in [-0.2, -0.15) is 0 Å². The summed E-state index contributed by atoms with van der Waals surface area (Å²) in [5.74, 6) is 0.448. The molecular weight excluding hydrogens is 190 g/mol. The maximum Gasteiger partial charge on any atom is 0.320 e. The molecule has 0 fully saturated rings. The van der Waals surface area contributed by atoms with E-state index in [1.807, 2.05) is 20.8 Å². The van der Waals surface area contributed by atoms with Crippen molar-refractivity contribution >= 4 is 5.97 Å². The molecule has 15 heavy (non-hydrogen) atoms. The van der Waals surface area contributed by atoms with Crippen LogP contribution >= 0.6 is 0 Å². The maximum absolute atomic E-state index is 11.3. The normalized spacial score (nSPS) is 13.7. The summed E-state index contributed by atoms with van der Waals surface area (Å²) in [5.41, 5.74) is -0.381. The molecule has 3 heteroatoms. The molecule has 1 atom stereocenters. The van der Waals surface area contributed by atoms with Gasteiger partial charge < -0.3 is 10.1 Å². The van der Waals surface area contributed by atoms with Crippen LogP contribution in [0.1, 0.15) is 47.5 Å². The van der Waals surface area contributed by atoms with Crippen molar-refractivity contribution in [1.29, 1.82) is 0 Å². The first-order valence-electron chi connectivity index (χ1n) is 5.77. The Balaban J connectivity index is 3.55. The first-order valence-corrected chi connectivity index (χ1v) is 5.77. The first-order chi connectivity index (χ1) is 6.85. The van der Waals surface area contributed by atoms with Gasteiger partial charge in [0.25, 0.3) is 0 Å². The van der Waals surface area contributed by atoms with Crippen molar-refractivity contribution in [3.63, 3.8) is 0 Å². The van der Waals surface area contributed by atoms with E-state index in [9.17, 15) is 4.79 Å². The lowest BCUT2D eigenvalue weighted by molar-refractivity contribution is -0.153. The number of nitrogens with one attached hydrogen (secondary N) is 1. The SMILES string of the molecule is CCC[C@H](C)CNCC(=O)OC(C)(C)C. The van der Waals surface area contributed by atoms with Crippen LogP contribution in [0.25, 0.3) is 0 Å². The number of rotatable bonds is 6. The van der Waals surface area contributed by atoms with Crippen LogP contribution in [0, 0.1) is 5.92 Å². The number of hydrogen-bond acceptors (Lipinski definition) is 3. The van der Waals surface area contributed by atoms with Crippen molar-refractivity contribution in [3.05, 3.63) is 0 Å². The van der Waals surface area contributed by atoms with E-state index in [0.29, 0.717) is 12.5 Å². The Morgan fingerprint density at radius 1 is 1.40 bits per heavy atom. The molecule has 0 heterocycles. The van der Waals surface area contributed by atoms with Crippen LogP contribution in [0.3, 0.4) is 0 Å². The second-order valence-electron chi connectivity index (χ2n) is 5.11. The Morgan fingerprint density at radius 2 is 2.00 bits per heavy atom. The number of ether oxygens (including phenoxy) is 1. The first kappa shape index (κ1) is 14.4. The van der Waals surface area contributed by atoms with Gasteiger partial charge in [0.1, 0.15) is 5.60 Å². The summed E-state index contributed by atoms with van der Waals surface area (Å²) >= 11 is 0. The summed E-state index contributed by atoms with van der Waals surface area (Å²) in [6.45, 7) is 11.2. The van der Waals surface area contributed by atoms with Crippen LogP contribution in [0.4, 0.5) is 0 Å². The number of carbonyl (C=O) groups excluding carboxylic acids is 1. The Morgan fingerprint density at radius 3 is 2.47 bits per heavy atom. The van der Waals surface area contributed by atoms with Crippen molar-refractivity contribution in [1.82, 2.24) is 5.32 Å². The molecule has 1 N–H and O–H groups in total. The van der Waals surface area contributed by atoms with E-state index >= 15 is 0 Å². The van der Waals surface area contributed by atoms with Gasteiger partial charge in [-0.25, -0.2) is 0 Å². The zero-order valence-corrected chi connectivity index (χ0v) is 10.7. The molecule has 0 saturated carbocycles. The topological polar surface area (TPSA) is 38.3 Å². The van der Waals surface area contributed by atoms with Crippen molar-refractivity contribution in [2.45, 2.75) is 53.1 Å². The molecular formula is C12H25NO2. The van der Waals surface area contributed by atoms with Crippen molar-refractivity contribution < 1.29 is 9.53 Å². The summed E-state index contributed by atoms with van der Waals surface area (Å²) in [6.07, 6.45) is 2.39. The van der Waals surface area contributed by atoms with E-state index in [1.54, 1.807) is 0 Å². The van der Waals surface area contributed by atoms with E-state index in [4.69, 9.17) is 4.74 Å². The molecule has 0 rings (SSSR count). The lowest BCUT2D eigenvalue weighted by Crippen LogP contribution is -2.33. The minimum absolute atomic E-state index is 0.175. The fourth-order valence-electron chi connectivity index (χ4n) is 1.39. The monoisotopic (exact) mass is 215 g/mol. The summed E-state index contributed by atoms with van der Waals surface area (Å²) in [7, 11) is 0. The van der Waals surface area contributed by atoms with Crippen molar-refractivity contribution in [2.24, 2.45) is 5.92 Å². The highest BCUT2D eigenvalue weighted by molar-refractivity contribution is 5.72. The molecule has 0 aromatic rings. The van der Waals surface area contributed by atoms with Gasteiger partial charge in [0.15, 0.2) is 0 Å². The molecule has 0 aromatic carbocycles. The predicted molar refractivity (Wildman–Crippen MR) is 62.8 cm³/mol. The quantitative estimate of drug-likeness (QED) is 0.691. The fourth-order valence-corrected chi connectivity index (χ4v) is 1.39. The molecule has 0 spiro atoms. The molecule has 0 aliphatic carbocycles. The van der Waals surface area contributed by atoms with Crippen LogP contribution in [0.2, 0.25) is 0 Å². The number of hydrogen-bond donors (Lipinski definition) is 1. The van der Waals surface area contributed by atoms with Gasteiger partial charge in [-0.3, -0.25) is 4.79 Å². The average Bonchev–Trinajstić information content (AvgIpc) is 2.00. The zero-order chi connectivity index (χ0) is 11.9. The molecule has 90 valence electrons. The molecule has 0 saturated heterocycles. The Hall–Kier alpha value is -0.570. The van der Waals surface area contributed by atoms with E-state index < -0.39 is 0 Å². The highest BCUT2D eigenvalue weighted by Gasteiger charge is 2.15. The fraction of sp³-hybridized carbons (Fsp3) is 0.917. The van der Waals surface area contributed by atoms with Crippen LogP contribution in [-0.2, 0) is 9.53 Å². The summed E-state index contributed by atoms with van der Waals surface area (Å²) in [4.78, 5) is 11.3. The molecule has 0 bridgehead atoms. The second-order valence-corrected chi connectivity index (χ2v) is 5.11. The Bertz CT molecular complexity index is 185. The van der Waals surface area contributed by atoms with Gasteiger partial charge in [0.05, 0.1) is 6.54 Å². The molecule has 0 amide bonds. The molecule has 3 nitrogen and oxygen atoms in total. The molecule has 0 aliphatic rings. The third kappa shape index (κ3) is 9.73. The van der Waals surface area contributed by atoms with Gasteiger partial charge in [0, 0.05) is 0 Å². The molecule has 0 aromatic heterocycles. The zero-order valence-electron chi connectivity index (χ0n) is 10.7. The van der Waals surface area contributed by atoms with E-state index in [2.05, 4.69) is 19.2 Å².